The van der Waals surface area contributed by atoms with Crippen LogP contribution in [0.15, 0.2) is 35.3 Å². The molecule has 1 aliphatic heterocycles. The number of nitrogens with zero attached hydrogens (tertiary/aromatic N) is 2. The van der Waals surface area contributed by atoms with Crippen molar-refractivity contribution in [2.75, 3.05) is 33.3 Å². The molecule has 1 aliphatic carbocycles. The Bertz CT molecular complexity index is 741. The molecular formula is C25H41IN4O2. The van der Waals surface area contributed by atoms with E-state index in [4.69, 9.17) is 14.5 Å². The van der Waals surface area contributed by atoms with E-state index in [2.05, 4.69) is 42.0 Å². The molecule has 7 heteroatoms. The van der Waals surface area contributed by atoms with Gasteiger partial charge in [0.1, 0.15) is 0 Å². The van der Waals surface area contributed by atoms with Crippen LogP contribution in [0.3, 0.4) is 0 Å². The maximum Gasteiger partial charge on any atom is 0.191 e. The van der Waals surface area contributed by atoms with Gasteiger partial charge in [0.2, 0.25) is 0 Å². The zero-order valence-electron chi connectivity index (χ0n) is 20.0. The lowest BCUT2D eigenvalue weighted by Crippen LogP contribution is -2.48. The van der Waals surface area contributed by atoms with E-state index in [0.29, 0.717) is 12.6 Å². The predicted molar refractivity (Wildman–Crippen MR) is 144 cm³/mol. The average molecular weight is 557 g/mol. The number of hydrogen-bond donors (Lipinski definition) is 2. The number of guanidine groups is 1. The molecule has 32 heavy (non-hydrogen) atoms. The number of rotatable bonds is 9. The van der Waals surface area contributed by atoms with Gasteiger partial charge in [0.05, 0.1) is 19.8 Å². The van der Waals surface area contributed by atoms with Gasteiger partial charge in [-0.25, -0.2) is 4.99 Å². The van der Waals surface area contributed by atoms with Crippen LogP contribution >= 0.6 is 24.0 Å². The number of nitrogens with one attached hydrogen (secondary N) is 2. The zero-order chi connectivity index (χ0) is 22.1. The van der Waals surface area contributed by atoms with Crippen molar-refractivity contribution < 1.29 is 9.47 Å². The minimum Gasteiger partial charge on any atom is -0.493 e. The molecule has 0 aromatic heterocycles. The number of likely N-dealkylation sites (tertiary alicyclic amines) is 1. The smallest absolute Gasteiger partial charge is 0.191 e. The topological polar surface area (TPSA) is 58.1 Å². The van der Waals surface area contributed by atoms with Crippen LogP contribution in [-0.4, -0.2) is 56.3 Å². The van der Waals surface area contributed by atoms with Crippen molar-refractivity contribution in [3.63, 3.8) is 0 Å². The van der Waals surface area contributed by atoms with Crippen molar-refractivity contribution in [2.24, 2.45) is 4.99 Å². The number of methoxy groups -OCH3 is 1. The second kappa shape index (κ2) is 13.9. The molecule has 0 atom stereocenters. The first-order valence-electron chi connectivity index (χ1n) is 11.8. The molecule has 0 spiro atoms. The maximum absolute atomic E-state index is 6.37. The van der Waals surface area contributed by atoms with Gasteiger partial charge >= 0.3 is 0 Å². The van der Waals surface area contributed by atoms with E-state index in [-0.39, 0.29) is 30.1 Å². The lowest BCUT2D eigenvalue weighted by Gasteiger charge is -2.33. The molecule has 180 valence electrons. The number of aliphatic imine (C=N–C) groups is 1. The monoisotopic (exact) mass is 556 g/mol. The molecule has 1 heterocycles. The van der Waals surface area contributed by atoms with Crippen LogP contribution in [0.2, 0.25) is 0 Å². The van der Waals surface area contributed by atoms with Gasteiger partial charge in [-0.1, -0.05) is 24.3 Å². The second-order valence-electron chi connectivity index (χ2n) is 8.82. The molecule has 2 N–H and O–H groups in total. The highest BCUT2D eigenvalue weighted by atomic mass is 127. The van der Waals surface area contributed by atoms with E-state index in [1.54, 1.807) is 7.11 Å². The van der Waals surface area contributed by atoms with Crippen LogP contribution in [0.1, 0.15) is 57.9 Å². The third-order valence-corrected chi connectivity index (χ3v) is 6.04. The predicted octanol–water partition coefficient (Wildman–Crippen LogP) is 4.73. The van der Waals surface area contributed by atoms with Gasteiger partial charge in [-0.3, -0.25) is 4.90 Å². The highest BCUT2D eigenvalue weighted by Crippen LogP contribution is 2.35. The van der Waals surface area contributed by atoms with Crippen LogP contribution in [0.4, 0.5) is 0 Å². The SMILES string of the molecule is C=C(C)CN1CCC(NC(=NCc2cccc(OC)c2OC2CCCC2)NCC)CC1.I. The Kier molecular flexibility index (Phi) is 11.7. The van der Waals surface area contributed by atoms with E-state index >= 15 is 0 Å². The molecule has 2 fully saturated rings. The Morgan fingerprint density at radius 1 is 1.19 bits per heavy atom. The molecule has 6 nitrogen and oxygen atoms in total. The maximum atomic E-state index is 6.37. The molecule has 0 unspecified atom stereocenters. The Morgan fingerprint density at radius 2 is 1.91 bits per heavy atom. The first-order valence-corrected chi connectivity index (χ1v) is 11.8. The summed E-state index contributed by atoms with van der Waals surface area (Å²) in [4.78, 5) is 7.37. The summed E-state index contributed by atoms with van der Waals surface area (Å²) in [6, 6.07) is 6.53. The molecule has 0 bridgehead atoms. The summed E-state index contributed by atoms with van der Waals surface area (Å²) >= 11 is 0. The summed E-state index contributed by atoms with van der Waals surface area (Å²) in [5.74, 6) is 2.52. The van der Waals surface area contributed by atoms with Crippen LogP contribution in [0.25, 0.3) is 0 Å². The van der Waals surface area contributed by atoms with Gasteiger partial charge in [-0.2, -0.15) is 0 Å². The fourth-order valence-electron chi connectivity index (χ4n) is 4.45. The minimum absolute atomic E-state index is 0. The molecule has 1 saturated heterocycles. The van der Waals surface area contributed by atoms with E-state index < -0.39 is 0 Å². The number of hydrogen-bond acceptors (Lipinski definition) is 4. The standard InChI is InChI=1S/C25H40N4O2.HI/c1-5-26-25(28-21-13-15-29(16-14-21)18-19(2)3)27-17-20-9-8-12-23(30-4)24(20)31-22-10-6-7-11-22;/h8-9,12,21-22H,2,5-7,10-11,13-18H2,1,3-4H3,(H2,26,27,28);1H. The number of benzene rings is 1. The first kappa shape index (κ1) is 26.8. The van der Waals surface area contributed by atoms with Gasteiger partial charge in [-0.05, 0) is 58.4 Å². The van der Waals surface area contributed by atoms with Crippen LogP contribution in [0.5, 0.6) is 11.5 Å². The van der Waals surface area contributed by atoms with Crippen molar-refractivity contribution in [1.82, 2.24) is 15.5 Å². The van der Waals surface area contributed by atoms with E-state index in [1.807, 2.05) is 12.1 Å². The van der Waals surface area contributed by atoms with Gasteiger partial charge in [-0.15, -0.1) is 24.0 Å². The van der Waals surface area contributed by atoms with Gasteiger partial charge in [0.25, 0.3) is 0 Å². The van der Waals surface area contributed by atoms with Crippen molar-refractivity contribution in [1.29, 1.82) is 0 Å². The summed E-state index contributed by atoms with van der Waals surface area (Å²) in [5.41, 5.74) is 2.30. The highest BCUT2D eigenvalue weighted by Gasteiger charge is 2.22. The number of halogens is 1. The molecule has 2 aliphatic rings. The van der Waals surface area contributed by atoms with Crippen molar-refractivity contribution >= 4 is 29.9 Å². The number of piperidine rings is 1. The Labute approximate surface area is 211 Å². The molecule has 0 amide bonds. The fraction of sp³-hybridized carbons (Fsp3) is 0.640. The molecular weight excluding hydrogens is 515 g/mol. The van der Waals surface area contributed by atoms with Crippen LogP contribution < -0.4 is 20.1 Å². The Hall–Kier alpha value is -1.48. The average Bonchev–Trinajstić information content (AvgIpc) is 3.27. The highest BCUT2D eigenvalue weighted by molar-refractivity contribution is 14.0. The Morgan fingerprint density at radius 3 is 2.53 bits per heavy atom. The normalized spacial score (nSPS) is 18.2. The molecule has 0 radical (unpaired) electrons. The van der Waals surface area contributed by atoms with Gasteiger partial charge in [0.15, 0.2) is 17.5 Å². The van der Waals surface area contributed by atoms with Crippen molar-refractivity contribution in [2.45, 2.75) is 71.1 Å². The van der Waals surface area contributed by atoms with E-state index in [1.165, 1.54) is 18.4 Å². The Balaban J connectivity index is 0.00000363. The molecule has 1 aromatic carbocycles. The second-order valence-corrected chi connectivity index (χ2v) is 8.82. The molecule has 1 aromatic rings. The summed E-state index contributed by atoms with van der Waals surface area (Å²) in [6.45, 7) is 12.8. The quantitative estimate of drug-likeness (QED) is 0.199. The van der Waals surface area contributed by atoms with Gasteiger partial charge < -0.3 is 20.1 Å². The third-order valence-electron chi connectivity index (χ3n) is 6.04. The van der Waals surface area contributed by atoms with Crippen molar-refractivity contribution in [3.8, 4) is 11.5 Å². The van der Waals surface area contributed by atoms with Crippen molar-refractivity contribution in [3.05, 3.63) is 35.9 Å². The van der Waals surface area contributed by atoms with Gasteiger partial charge in [0, 0.05) is 37.8 Å². The lowest BCUT2D eigenvalue weighted by molar-refractivity contribution is 0.198. The minimum atomic E-state index is 0. The summed E-state index contributed by atoms with van der Waals surface area (Å²) in [6.07, 6.45) is 7.25. The third kappa shape index (κ3) is 8.14. The summed E-state index contributed by atoms with van der Waals surface area (Å²) in [7, 11) is 1.70. The molecule has 1 saturated carbocycles. The fourth-order valence-corrected chi connectivity index (χ4v) is 4.45. The lowest BCUT2D eigenvalue weighted by atomic mass is 10.0. The van der Waals surface area contributed by atoms with E-state index in [9.17, 15) is 0 Å². The van der Waals surface area contributed by atoms with Crippen LogP contribution in [0, 0.1) is 0 Å². The van der Waals surface area contributed by atoms with E-state index in [0.717, 1.165) is 74.9 Å². The van der Waals surface area contributed by atoms with Crippen LogP contribution in [-0.2, 0) is 6.54 Å². The zero-order valence-corrected chi connectivity index (χ0v) is 22.3. The summed E-state index contributed by atoms with van der Waals surface area (Å²) in [5, 5.41) is 7.04. The molecule has 3 rings (SSSR count). The first-order chi connectivity index (χ1) is 15.1. The number of ether oxygens (including phenoxy) is 2. The summed E-state index contributed by atoms with van der Waals surface area (Å²) < 4.78 is 12.0. The number of para-hydroxylation sites is 1. The largest absolute Gasteiger partial charge is 0.493 e.